The minimum Gasteiger partial charge on any atom is -0.494 e. The fraction of sp³-hybridized carbons (Fsp3) is 0.250. The average molecular weight is 221 g/mol. The number of carbonyl (C=O) groups is 1. The van der Waals surface area contributed by atoms with Crippen LogP contribution in [0.4, 0.5) is 4.39 Å². The molecule has 1 amide bonds. The first-order chi connectivity index (χ1) is 7.58. The van der Waals surface area contributed by atoms with Crippen LogP contribution in [0.2, 0.25) is 0 Å². The van der Waals surface area contributed by atoms with Gasteiger partial charge in [-0.15, -0.1) is 6.42 Å². The summed E-state index contributed by atoms with van der Waals surface area (Å²) >= 11 is 0. The molecule has 1 aromatic carbocycles. The molecule has 0 bridgehead atoms. The van der Waals surface area contributed by atoms with Gasteiger partial charge in [0.05, 0.1) is 13.2 Å². The summed E-state index contributed by atoms with van der Waals surface area (Å²) in [6.07, 6.45) is 5.13. The van der Waals surface area contributed by atoms with E-state index in [1.54, 1.807) is 6.92 Å². The van der Waals surface area contributed by atoms with Crippen molar-refractivity contribution in [2.45, 2.75) is 13.0 Å². The highest BCUT2D eigenvalue weighted by molar-refractivity contribution is 5.94. The lowest BCUT2D eigenvalue weighted by atomic mass is 10.2. The van der Waals surface area contributed by atoms with Crippen LogP contribution < -0.4 is 10.1 Å². The SMILES string of the molecule is C#CC(C)NC(=O)c1ccc(F)c(OC)c1. The van der Waals surface area contributed by atoms with Gasteiger partial charge in [0.15, 0.2) is 11.6 Å². The van der Waals surface area contributed by atoms with Crippen LogP contribution in [0.15, 0.2) is 18.2 Å². The zero-order valence-electron chi connectivity index (χ0n) is 9.08. The third-order valence-corrected chi connectivity index (χ3v) is 2.01. The zero-order chi connectivity index (χ0) is 12.1. The molecule has 0 aliphatic rings. The predicted molar refractivity (Wildman–Crippen MR) is 58.7 cm³/mol. The summed E-state index contributed by atoms with van der Waals surface area (Å²) in [5.41, 5.74) is 0.306. The van der Waals surface area contributed by atoms with Crippen molar-refractivity contribution in [1.82, 2.24) is 5.32 Å². The summed E-state index contributed by atoms with van der Waals surface area (Å²) in [5.74, 6) is 1.53. The van der Waals surface area contributed by atoms with Gasteiger partial charge in [-0.1, -0.05) is 5.92 Å². The van der Waals surface area contributed by atoms with E-state index < -0.39 is 5.82 Å². The Kier molecular flexibility index (Phi) is 3.90. The summed E-state index contributed by atoms with van der Waals surface area (Å²) < 4.78 is 17.8. The molecule has 84 valence electrons. The Labute approximate surface area is 93.6 Å². The van der Waals surface area contributed by atoms with Crippen molar-refractivity contribution in [3.05, 3.63) is 29.6 Å². The van der Waals surface area contributed by atoms with Gasteiger partial charge in [-0.25, -0.2) is 4.39 Å². The Bertz CT molecular complexity index is 437. The molecular formula is C12H12FNO2. The number of hydrogen-bond donors (Lipinski definition) is 1. The Hall–Kier alpha value is -2.02. The van der Waals surface area contributed by atoms with Crippen molar-refractivity contribution in [2.75, 3.05) is 7.11 Å². The molecule has 16 heavy (non-hydrogen) atoms. The molecule has 4 heteroatoms. The molecule has 0 fully saturated rings. The van der Waals surface area contributed by atoms with Gasteiger partial charge >= 0.3 is 0 Å². The smallest absolute Gasteiger partial charge is 0.252 e. The second-order valence-corrected chi connectivity index (χ2v) is 3.21. The van der Waals surface area contributed by atoms with Gasteiger partial charge in [0.1, 0.15) is 0 Å². The summed E-state index contributed by atoms with van der Waals surface area (Å²) in [5, 5.41) is 2.56. The Morgan fingerprint density at radius 2 is 2.31 bits per heavy atom. The molecule has 0 aliphatic heterocycles. The average Bonchev–Trinajstić information content (AvgIpc) is 2.29. The van der Waals surface area contributed by atoms with E-state index in [4.69, 9.17) is 11.2 Å². The maximum atomic E-state index is 13.1. The highest BCUT2D eigenvalue weighted by Crippen LogP contribution is 2.18. The third-order valence-electron chi connectivity index (χ3n) is 2.01. The number of amides is 1. The van der Waals surface area contributed by atoms with Gasteiger partial charge in [-0.05, 0) is 25.1 Å². The molecule has 1 rings (SSSR count). The van der Waals surface area contributed by atoms with Crippen LogP contribution in [0.5, 0.6) is 5.75 Å². The van der Waals surface area contributed by atoms with E-state index in [1.807, 2.05) is 0 Å². The second-order valence-electron chi connectivity index (χ2n) is 3.21. The monoisotopic (exact) mass is 221 g/mol. The number of hydrogen-bond acceptors (Lipinski definition) is 2. The Morgan fingerprint density at radius 3 is 2.88 bits per heavy atom. The molecule has 1 N–H and O–H groups in total. The first-order valence-corrected chi connectivity index (χ1v) is 4.69. The molecule has 0 aromatic heterocycles. The molecule has 0 spiro atoms. The van der Waals surface area contributed by atoms with E-state index in [0.29, 0.717) is 5.56 Å². The lowest BCUT2D eigenvalue weighted by Crippen LogP contribution is -2.31. The van der Waals surface area contributed by atoms with Crippen molar-refractivity contribution >= 4 is 5.91 Å². The molecule has 1 unspecified atom stereocenters. The minimum absolute atomic E-state index is 0.0287. The topological polar surface area (TPSA) is 38.3 Å². The molecule has 1 atom stereocenters. The summed E-state index contributed by atoms with van der Waals surface area (Å²) in [6, 6.07) is 3.50. The van der Waals surface area contributed by atoms with Crippen molar-refractivity contribution in [2.24, 2.45) is 0 Å². The highest BCUT2D eigenvalue weighted by atomic mass is 19.1. The van der Waals surface area contributed by atoms with Crippen molar-refractivity contribution < 1.29 is 13.9 Å². The first-order valence-electron chi connectivity index (χ1n) is 4.69. The van der Waals surface area contributed by atoms with Crippen LogP contribution in [-0.2, 0) is 0 Å². The summed E-state index contributed by atoms with van der Waals surface area (Å²) in [4.78, 5) is 11.6. The lowest BCUT2D eigenvalue weighted by molar-refractivity contribution is 0.0947. The van der Waals surface area contributed by atoms with Gasteiger partial charge in [0.2, 0.25) is 0 Å². The molecule has 0 radical (unpaired) electrons. The molecule has 0 saturated heterocycles. The van der Waals surface area contributed by atoms with Crippen LogP contribution >= 0.6 is 0 Å². The summed E-state index contributed by atoms with van der Waals surface area (Å²) in [6.45, 7) is 1.68. The third kappa shape index (κ3) is 2.74. The molecule has 1 aromatic rings. The summed E-state index contributed by atoms with van der Waals surface area (Å²) in [7, 11) is 1.34. The number of halogens is 1. The number of methoxy groups -OCH3 is 1. The number of rotatable bonds is 3. The van der Waals surface area contributed by atoms with Crippen LogP contribution in [0.1, 0.15) is 17.3 Å². The fourth-order valence-electron chi connectivity index (χ4n) is 1.12. The number of terminal acetylenes is 1. The van der Waals surface area contributed by atoms with E-state index in [0.717, 1.165) is 0 Å². The standard InChI is InChI=1S/C12H12FNO2/c1-4-8(2)14-12(15)9-5-6-10(13)11(7-9)16-3/h1,5-8H,2-3H3,(H,14,15). The molecule has 0 saturated carbocycles. The van der Waals surface area contributed by atoms with Crippen LogP contribution in [-0.4, -0.2) is 19.1 Å². The Morgan fingerprint density at radius 1 is 1.62 bits per heavy atom. The number of carbonyl (C=O) groups excluding carboxylic acids is 1. The quantitative estimate of drug-likeness (QED) is 0.787. The number of benzene rings is 1. The lowest BCUT2D eigenvalue weighted by Gasteiger charge is -2.09. The maximum Gasteiger partial charge on any atom is 0.252 e. The molecule has 3 nitrogen and oxygen atoms in total. The second kappa shape index (κ2) is 5.17. The van der Waals surface area contributed by atoms with Crippen molar-refractivity contribution in [3.8, 4) is 18.1 Å². The van der Waals surface area contributed by atoms with Gasteiger partial charge < -0.3 is 10.1 Å². The largest absolute Gasteiger partial charge is 0.494 e. The number of nitrogens with one attached hydrogen (secondary N) is 1. The minimum atomic E-state index is -0.510. The predicted octanol–water partition coefficient (Wildman–Crippen LogP) is 1.59. The van der Waals surface area contributed by atoms with Crippen molar-refractivity contribution in [1.29, 1.82) is 0 Å². The van der Waals surface area contributed by atoms with Gasteiger partial charge in [-0.3, -0.25) is 4.79 Å². The normalized spacial score (nSPS) is 11.4. The van der Waals surface area contributed by atoms with Crippen molar-refractivity contribution in [3.63, 3.8) is 0 Å². The molecule has 0 heterocycles. The Balaban J connectivity index is 2.89. The van der Waals surface area contributed by atoms with E-state index in [-0.39, 0.29) is 17.7 Å². The number of ether oxygens (including phenoxy) is 1. The molecular weight excluding hydrogens is 209 g/mol. The fourth-order valence-corrected chi connectivity index (χ4v) is 1.12. The van der Waals surface area contributed by atoms with E-state index in [9.17, 15) is 9.18 Å². The van der Waals surface area contributed by atoms with Gasteiger partial charge in [0.25, 0.3) is 5.91 Å². The highest BCUT2D eigenvalue weighted by Gasteiger charge is 2.11. The van der Waals surface area contributed by atoms with E-state index in [2.05, 4.69) is 11.2 Å². The van der Waals surface area contributed by atoms with Gasteiger partial charge in [-0.2, -0.15) is 0 Å². The molecule has 0 aliphatic carbocycles. The maximum absolute atomic E-state index is 13.1. The van der Waals surface area contributed by atoms with Crippen LogP contribution in [0.3, 0.4) is 0 Å². The van der Waals surface area contributed by atoms with Crippen LogP contribution in [0.25, 0.3) is 0 Å². The van der Waals surface area contributed by atoms with Crippen LogP contribution in [0, 0.1) is 18.2 Å². The van der Waals surface area contributed by atoms with Gasteiger partial charge in [0, 0.05) is 5.56 Å². The zero-order valence-corrected chi connectivity index (χ0v) is 9.08. The first kappa shape index (κ1) is 12.1. The van der Waals surface area contributed by atoms with E-state index in [1.165, 1.54) is 25.3 Å². The van der Waals surface area contributed by atoms with E-state index >= 15 is 0 Å².